The summed E-state index contributed by atoms with van der Waals surface area (Å²) >= 11 is 0. The second-order valence-electron chi connectivity index (χ2n) is 15.4. The molecule has 0 fully saturated rings. The summed E-state index contributed by atoms with van der Waals surface area (Å²) in [5.74, 6) is 0.689. The molecule has 3 heterocycles. The molecule has 0 N–H and O–H groups in total. The van der Waals surface area contributed by atoms with E-state index in [4.69, 9.17) is 9.97 Å². The van der Waals surface area contributed by atoms with Crippen LogP contribution in [0.15, 0.2) is 218 Å². The third kappa shape index (κ3) is 5.53. The van der Waals surface area contributed by atoms with Gasteiger partial charge in [0.2, 0.25) is 0 Å². The number of hydrogen-bond donors (Lipinski definition) is 0. The van der Waals surface area contributed by atoms with E-state index in [1.54, 1.807) is 0 Å². The van der Waals surface area contributed by atoms with Crippen LogP contribution in [0.2, 0.25) is 0 Å². The number of rotatable bonds is 6. The Morgan fingerprint density at radius 1 is 0.283 bits per heavy atom. The molecular weight excluding hydrogens is 729 g/mol. The summed E-state index contributed by atoms with van der Waals surface area (Å²) in [5.41, 5.74) is 14.0. The molecule has 4 heteroatoms. The third-order valence-electron chi connectivity index (χ3n) is 11.9. The Morgan fingerprint density at radius 2 is 0.783 bits per heavy atom. The van der Waals surface area contributed by atoms with Crippen LogP contribution in [0.4, 0.5) is 0 Å². The summed E-state index contributed by atoms with van der Waals surface area (Å²) in [4.78, 5) is 10.5. The summed E-state index contributed by atoms with van der Waals surface area (Å²) in [7, 11) is 0. The van der Waals surface area contributed by atoms with Crippen molar-refractivity contribution in [3.05, 3.63) is 218 Å². The zero-order chi connectivity index (χ0) is 39.6. The summed E-state index contributed by atoms with van der Waals surface area (Å²) < 4.78 is 4.87. The van der Waals surface area contributed by atoms with E-state index < -0.39 is 0 Å². The van der Waals surface area contributed by atoms with E-state index in [1.807, 2.05) is 12.1 Å². The van der Waals surface area contributed by atoms with Gasteiger partial charge in [0.15, 0.2) is 5.82 Å². The highest BCUT2D eigenvalue weighted by molar-refractivity contribution is 6.19. The minimum absolute atomic E-state index is 0.689. The minimum atomic E-state index is 0.689. The second kappa shape index (κ2) is 13.8. The first-order chi connectivity index (χ1) is 29.7. The molecule has 4 nitrogen and oxygen atoms in total. The van der Waals surface area contributed by atoms with Crippen LogP contribution in [0.25, 0.3) is 111 Å². The molecule has 9 aromatic carbocycles. The summed E-state index contributed by atoms with van der Waals surface area (Å²) in [5, 5.41) is 7.23. The number of benzene rings is 9. The fourth-order valence-corrected chi connectivity index (χ4v) is 9.09. The van der Waals surface area contributed by atoms with Gasteiger partial charge in [-0.15, -0.1) is 0 Å². The van der Waals surface area contributed by atoms with Crippen molar-refractivity contribution < 1.29 is 0 Å². The first-order valence-corrected chi connectivity index (χ1v) is 20.4. The number of aromatic nitrogens is 4. The average molecular weight is 765 g/mol. The van der Waals surface area contributed by atoms with Crippen molar-refractivity contribution in [2.45, 2.75) is 0 Å². The summed E-state index contributed by atoms with van der Waals surface area (Å²) in [6, 6.07) is 78.0. The van der Waals surface area contributed by atoms with E-state index in [0.717, 1.165) is 61.4 Å². The zero-order valence-corrected chi connectivity index (χ0v) is 32.6. The van der Waals surface area contributed by atoms with Crippen LogP contribution >= 0.6 is 0 Å². The van der Waals surface area contributed by atoms with Gasteiger partial charge in [-0.05, 0) is 71.1 Å². The Balaban J connectivity index is 1.11. The van der Waals surface area contributed by atoms with Gasteiger partial charge in [0.25, 0.3) is 0 Å². The minimum Gasteiger partial charge on any atom is -0.309 e. The fourth-order valence-electron chi connectivity index (χ4n) is 9.09. The van der Waals surface area contributed by atoms with Crippen LogP contribution in [0.3, 0.4) is 0 Å². The van der Waals surface area contributed by atoms with Crippen molar-refractivity contribution in [1.82, 2.24) is 19.1 Å². The normalized spacial score (nSPS) is 11.7. The predicted octanol–water partition coefficient (Wildman–Crippen LogP) is 14.5. The molecule has 12 aromatic rings. The molecule has 0 saturated carbocycles. The van der Waals surface area contributed by atoms with Gasteiger partial charge < -0.3 is 9.13 Å². The Morgan fingerprint density at radius 3 is 1.47 bits per heavy atom. The maximum atomic E-state index is 5.34. The van der Waals surface area contributed by atoms with Crippen LogP contribution in [-0.2, 0) is 0 Å². The molecule has 0 aliphatic heterocycles. The van der Waals surface area contributed by atoms with E-state index in [9.17, 15) is 0 Å². The Bertz CT molecular complexity index is 3570. The van der Waals surface area contributed by atoms with E-state index in [0.29, 0.717) is 5.82 Å². The number of para-hydroxylation sites is 3. The van der Waals surface area contributed by atoms with Gasteiger partial charge in [0.1, 0.15) is 0 Å². The largest absolute Gasteiger partial charge is 0.309 e. The molecule has 0 spiro atoms. The molecule has 0 bridgehead atoms. The SMILES string of the molecule is c1ccc(-c2ccc(-c3nc(-c4ccccc4)cc(-c4cc(-n5c6ccccc6c6cc7c8ccccc8n(-c8ccccc8)c7cc65)c5ccccc5c4)n3)cc2)cc1. The smallest absolute Gasteiger partial charge is 0.160 e. The summed E-state index contributed by atoms with van der Waals surface area (Å²) in [6.45, 7) is 0. The standard InChI is InChI=1S/C56H36N4/c1-4-16-37(17-5-1)38-28-30-40(31-29-38)56-57-49(39-18-6-2-7-19-39)35-50(58-56)42-32-41-20-10-11-23-44(41)53(33-42)60-52-27-15-13-25-46(52)48-34-47-45-24-12-14-26-51(45)59(54(47)36-55(48)60)43-21-8-3-9-22-43/h1-36H. The molecule has 3 aromatic heterocycles. The van der Waals surface area contributed by atoms with Crippen molar-refractivity contribution in [3.8, 4) is 56.4 Å². The van der Waals surface area contributed by atoms with Crippen molar-refractivity contribution in [3.63, 3.8) is 0 Å². The van der Waals surface area contributed by atoms with E-state index >= 15 is 0 Å². The highest BCUT2D eigenvalue weighted by atomic mass is 15.0. The molecule has 0 saturated heterocycles. The first kappa shape index (κ1) is 34.0. The van der Waals surface area contributed by atoms with Crippen molar-refractivity contribution >= 4 is 54.4 Å². The molecule has 0 radical (unpaired) electrons. The van der Waals surface area contributed by atoms with Gasteiger partial charge in [-0.25, -0.2) is 9.97 Å². The van der Waals surface area contributed by atoms with Crippen LogP contribution in [0.5, 0.6) is 0 Å². The van der Waals surface area contributed by atoms with Gasteiger partial charge >= 0.3 is 0 Å². The molecule has 0 atom stereocenters. The van der Waals surface area contributed by atoms with Crippen LogP contribution in [-0.4, -0.2) is 19.1 Å². The molecule has 0 aliphatic rings. The Hall–Kier alpha value is -8.08. The monoisotopic (exact) mass is 764 g/mol. The van der Waals surface area contributed by atoms with Gasteiger partial charge in [0, 0.05) is 49.3 Å². The molecule has 0 unspecified atom stereocenters. The molecule has 0 amide bonds. The third-order valence-corrected chi connectivity index (χ3v) is 11.9. The highest BCUT2D eigenvalue weighted by Crippen LogP contribution is 2.42. The Labute approximate surface area is 346 Å². The average Bonchev–Trinajstić information content (AvgIpc) is 3.83. The number of nitrogens with zero attached hydrogens (tertiary/aromatic N) is 4. The lowest BCUT2D eigenvalue weighted by Gasteiger charge is -2.16. The predicted molar refractivity (Wildman–Crippen MR) is 250 cm³/mol. The molecule has 60 heavy (non-hydrogen) atoms. The van der Waals surface area contributed by atoms with E-state index in [2.05, 4.69) is 215 Å². The van der Waals surface area contributed by atoms with Gasteiger partial charge in [-0.2, -0.15) is 0 Å². The lowest BCUT2D eigenvalue weighted by molar-refractivity contribution is 1.17. The maximum Gasteiger partial charge on any atom is 0.160 e. The highest BCUT2D eigenvalue weighted by Gasteiger charge is 2.21. The topological polar surface area (TPSA) is 35.6 Å². The quantitative estimate of drug-likeness (QED) is 0.169. The zero-order valence-electron chi connectivity index (χ0n) is 32.6. The van der Waals surface area contributed by atoms with Crippen molar-refractivity contribution in [1.29, 1.82) is 0 Å². The van der Waals surface area contributed by atoms with Gasteiger partial charge in [-0.3, -0.25) is 0 Å². The second-order valence-corrected chi connectivity index (χ2v) is 15.4. The summed E-state index contributed by atoms with van der Waals surface area (Å²) in [6.07, 6.45) is 0. The number of hydrogen-bond acceptors (Lipinski definition) is 2. The lowest BCUT2D eigenvalue weighted by Crippen LogP contribution is -1.99. The number of fused-ring (bicyclic) bond motifs is 7. The van der Waals surface area contributed by atoms with Gasteiger partial charge in [-0.1, -0.05) is 164 Å². The van der Waals surface area contributed by atoms with Crippen molar-refractivity contribution in [2.24, 2.45) is 0 Å². The van der Waals surface area contributed by atoms with Crippen LogP contribution < -0.4 is 0 Å². The first-order valence-electron chi connectivity index (χ1n) is 20.4. The molecule has 0 aliphatic carbocycles. The fraction of sp³-hybridized carbons (Fsp3) is 0. The van der Waals surface area contributed by atoms with E-state index in [1.165, 1.54) is 43.5 Å². The Kier molecular flexibility index (Phi) is 7.82. The van der Waals surface area contributed by atoms with E-state index in [-0.39, 0.29) is 0 Å². The van der Waals surface area contributed by atoms with Crippen LogP contribution in [0, 0.1) is 0 Å². The van der Waals surface area contributed by atoms with Crippen LogP contribution in [0.1, 0.15) is 0 Å². The molecule has 12 rings (SSSR count). The van der Waals surface area contributed by atoms with Crippen molar-refractivity contribution in [2.75, 3.05) is 0 Å². The molecule has 280 valence electrons. The molecular formula is C56H36N4. The maximum absolute atomic E-state index is 5.34. The van der Waals surface area contributed by atoms with Gasteiger partial charge in [0.05, 0.1) is 39.1 Å². The lowest BCUT2D eigenvalue weighted by atomic mass is 10.0.